The Morgan fingerprint density at radius 3 is 2.61 bits per heavy atom. The summed E-state index contributed by atoms with van der Waals surface area (Å²) in [6.45, 7) is 3.83. The molecule has 18 heavy (non-hydrogen) atoms. The Morgan fingerprint density at radius 2 is 2.00 bits per heavy atom. The summed E-state index contributed by atoms with van der Waals surface area (Å²) in [6, 6.07) is 0. The Bertz CT molecular complexity index is 283. The maximum absolute atomic E-state index is 11.8. The van der Waals surface area contributed by atoms with E-state index in [1.807, 2.05) is 0 Å². The number of rotatable bonds is 4. The molecule has 1 saturated carbocycles. The van der Waals surface area contributed by atoms with Crippen LogP contribution in [0.4, 0.5) is 0 Å². The largest absolute Gasteiger partial charge is 0.481 e. The number of ether oxygens (including phenoxy) is 1. The van der Waals surface area contributed by atoms with Gasteiger partial charge in [0, 0.05) is 13.2 Å². The van der Waals surface area contributed by atoms with Crippen molar-refractivity contribution in [2.24, 2.45) is 17.3 Å². The zero-order chi connectivity index (χ0) is 13.0. The van der Waals surface area contributed by atoms with E-state index >= 15 is 0 Å². The lowest BCUT2D eigenvalue weighted by atomic mass is 9.64. The molecule has 2 rings (SSSR count). The van der Waals surface area contributed by atoms with E-state index < -0.39 is 11.4 Å². The second-order valence-corrected chi connectivity index (χ2v) is 6.22. The molecule has 2 unspecified atom stereocenters. The SMILES string of the molecule is CCC1CCCC(CC2CCOCC2)(C(=O)O)C1. The number of hydrogen-bond donors (Lipinski definition) is 1. The summed E-state index contributed by atoms with van der Waals surface area (Å²) in [5.41, 5.74) is -0.430. The van der Waals surface area contributed by atoms with Gasteiger partial charge in [0.2, 0.25) is 0 Å². The van der Waals surface area contributed by atoms with Crippen molar-refractivity contribution < 1.29 is 14.6 Å². The summed E-state index contributed by atoms with van der Waals surface area (Å²) < 4.78 is 5.38. The predicted octanol–water partition coefficient (Wildman–Crippen LogP) is 3.47. The Kier molecular flexibility index (Phi) is 4.66. The number of carbonyl (C=O) groups is 1. The van der Waals surface area contributed by atoms with Crippen molar-refractivity contribution in [3.8, 4) is 0 Å². The minimum absolute atomic E-state index is 0.430. The van der Waals surface area contributed by atoms with Crippen LogP contribution in [0.5, 0.6) is 0 Å². The summed E-state index contributed by atoms with van der Waals surface area (Å²) in [4.78, 5) is 11.8. The third-order valence-electron chi connectivity index (χ3n) is 5.00. The Labute approximate surface area is 110 Å². The molecule has 0 amide bonds. The minimum atomic E-state index is -0.549. The van der Waals surface area contributed by atoms with E-state index in [1.165, 1.54) is 6.42 Å². The van der Waals surface area contributed by atoms with Crippen molar-refractivity contribution in [3.63, 3.8) is 0 Å². The van der Waals surface area contributed by atoms with Crippen molar-refractivity contribution in [2.75, 3.05) is 13.2 Å². The zero-order valence-corrected chi connectivity index (χ0v) is 11.5. The molecule has 1 aliphatic heterocycles. The predicted molar refractivity (Wildman–Crippen MR) is 70.5 cm³/mol. The molecular weight excluding hydrogens is 228 g/mol. The van der Waals surface area contributed by atoms with E-state index in [-0.39, 0.29) is 0 Å². The van der Waals surface area contributed by atoms with Crippen LogP contribution in [0.2, 0.25) is 0 Å². The van der Waals surface area contributed by atoms with Gasteiger partial charge in [0.15, 0.2) is 0 Å². The molecule has 0 aromatic rings. The van der Waals surface area contributed by atoms with E-state index in [2.05, 4.69) is 6.92 Å². The van der Waals surface area contributed by atoms with E-state index in [0.29, 0.717) is 11.8 Å². The standard InChI is InChI=1S/C15H26O3/c1-2-12-4-3-7-15(10-12,14(16)17)11-13-5-8-18-9-6-13/h12-13H,2-11H2,1H3,(H,16,17). The molecule has 104 valence electrons. The van der Waals surface area contributed by atoms with Crippen LogP contribution in [0, 0.1) is 17.3 Å². The molecule has 1 aliphatic carbocycles. The molecule has 2 fully saturated rings. The van der Waals surface area contributed by atoms with Crippen LogP contribution >= 0.6 is 0 Å². The summed E-state index contributed by atoms with van der Waals surface area (Å²) in [5.74, 6) is 0.632. The van der Waals surface area contributed by atoms with Gasteiger partial charge in [0.1, 0.15) is 0 Å². The lowest BCUT2D eigenvalue weighted by Crippen LogP contribution is -2.39. The van der Waals surface area contributed by atoms with Crippen LogP contribution in [0.25, 0.3) is 0 Å². The molecule has 1 saturated heterocycles. The highest BCUT2D eigenvalue weighted by Crippen LogP contribution is 2.46. The first-order valence-corrected chi connectivity index (χ1v) is 7.47. The van der Waals surface area contributed by atoms with Crippen molar-refractivity contribution in [2.45, 2.75) is 58.3 Å². The second kappa shape index (κ2) is 6.05. The Morgan fingerprint density at radius 1 is 1.28 bits per heavy atom. The van der Waals surface area contributed by atoms with Crippen LogP contribution in [0.3, 0.4) is 0 Å². The van der Waals surface area contributed by atoms with Crippen LogP contribution in [0.15, 0.2) is 0 Å². The second-order valence-electron chi connectivity index (χ2n) is 6.22. The number of hydrogen-bond acceptors (Lipinski definition) is 2. The van der Waals surface area contributed by atoms with Gasteiger partial charge in [-0.05, 0) is 43.9 Å². The topological polar surface area (TPSA) is 46.5 Å². The smallest absolute Gasteiger partial charge is 0.309 e. The summed E-state index contributed by atoms with van der Waals surface area (Å²) in [5, 5.41) is 9.70. The molecule has 0 aromatic carbocycles. The summed E-state index contributed by atoms with van der Waals surface area (Å²) in [6.07, 6.45) is 8.20. The van der Waals surface area contributed by atoms with Crippen molar-refractivity contribution in [1.82, 2.24) is 0 Å². The molecular formula is C15H26O3. The van der Waals surface area contributed by atoms with Gasteiger partial charge >= 0.3 is 5.97 Å². The lowest BCUT2D eigenvalue weighted by molar-refractivity contribution is -0.154. The van der Waals surface area contributed by atoms with Gasteiger partial charge in [0.25, 0.3) is 0 Å². The maximum atomic E-state index is 11.8. The molecule has 0 bridgehead atoms. The van der Waals surface area contributed by atoms with Gasteiger partial charge < -0.3 is 9.84 Å². The molecule has 1 heterocycles. The highest BCUT2D eigenvalue weighted by atomic mass is 16.5. The fourth-order valence-electron chi connectivity index (χ4n) is 3.80. The number of carboxylic acids is 1. The van der Waals surface area contributed by atoms with Crippen molar-refractivity contribution in [3.05, 3.63) is 0 Å². The average Bonchev–Trinajstić information content (AvgIpc) is 2.40. The monoisotopic (exact) mass is 254 g/mol. The molecule has 3 heteroatoms. The van der Waals surface area contributed by atoms with Crippen LogP contribution in [-0.4, -0.2) is 24.3 Å². The normalized spacial score (nSPS) is 34.4. The fourth-order valence-corrected chi connectivity index (χ4v) is 3.80. The van der Waals surface area contributed by atoms with Gasteiger partial charge in [-0.15, -0.1) is 0 Å². The first-order valence-electron chi connectivity index (χ1n) is 7.47. The minimum Gasteiger partial charge on any atom is -0.481 e. The van der Waals surface area contributed by atoms with Gasteiger partial charge in [-0.3, -0.25) is 4.79 Å². The third-order valence-corrected chi connectivity index (χ3v) is 5.00. The van der Waals surface area contributed by atoms with Crippen LogP contribution in [-0.2, 0) is 9.53 Å². The third kappa shape index (κ3) is 3.05. The molecule has 0 radical (unpaired) electrons. The fraction of sp³-hybridized carbons (Fsp3) is 0.933. The van der Waals surface area contributed by atoms with Crippen LogP contribution in [0.1, 0.15) is 58.3 Å². The molecule has 0 spiro atoms. The van der Waals surface area contributed by atoms with Gasteiger partial charge in [-0.25, -0.2) is 0 Å². The number of carboxylic acid groups (broad SMARTS) is 1. The van der Waals surface area contributed by atoms with E-state index in [4.69, 9.17) is 4.74 Å². The molecule has 2 atom stereocenters. The van der Waals surface area contributed by atoms with Gasteiger partial charge in [-0.1, -0.05) is 26.2 Å². The van der Waals surface area contributed by atoms with E-state index in [0.717, 1.165) is 58.2 Å². The Balaban J connectivity index is 2.03. The zero-order valence-electron chi connectivity index (χ0n) is 11.5. The molecule has 1 N–H and O–H groups in total. The number of aliphatic carboxylic acids is 1. The van der Waals surface area contributed by atoms with Crippen LogP contribution < -0.4 is 0 Å². The highest BCUT2D eigenvalue weighted by molar-refractivity contribution is 5.74. The molecule has 0 aromatic heterocycles. The van der Waals surface area contributed by atoms with Gasteiger partial charge in [0.05, 0.1) is 5.41 Å². The quantitative estimate of drug-likeness (QED) is 0.835. The summed E-state index contributed by atoms with van der Waals surface area (Å²) >= 11 is 0. The average molecular weight is 254 g/mol. The first-order chi connectivity index (χ1) is 8.66. The Hall–Kier alpha value is -0.570. The van der Waals surface area contributed by atoms with E-state index in [1.54, 1.807) is 0 Å². The summed E-state index contributed by atoms with van der Waals surface area (Å²) in [7, 11) is 0. The first kappa shape index (κ1) is 13.9. The van der Waals surface area contributed by atoms with Crippen molar-refractivity contribution >= 4 is 5.97 Å². The maximum Gasteiger partial charge on any atom is 0.309 e. The lowest BCUT2D eigenvalue weighted by Gasteiger charge is -2.40. The van der Waals surface area contributed by atoms with Gasteiger partial charge in [-0.2, -0.15) is 0 Å². The molecule has 3 nitrogen and oxygen atoms in total. The van der Waals surface area contributed by atoms with Crippen molar-refractivity contribution in [1.29, 1.82) is 0 Å². The highest BCUT2D eigenvalue weighted by Gasteiger charge is 2.43. The van der Waals surface area contributed by atoms with E-state index in [9.17, 15) is 9.90 Å². The molecule has 2 aliphatic rings.